The summed E-state index contributed by atoms with van der Waals surface area (Å²) in [6.45, 7) is 4.91. The van der Waals surface area contributed by atoms with Crippen LogP contribution < -0.4 is 4.74 Å². The number of rotatable bonds is 4. The van der Waals surface area contributed by atoms with Gasteiger partial charge >= 0.3 is 18.0 Å². The Hall–Kier alpha value is -1.56. The van der Waals surface area contributed by atoms with Crippen molar-refractivity contribution >= 4 is 56.6 Å². The molecule has 1 aliphatic rings. The first-order chi connectivity index (χ1) is 13.4. The molecule has 1 heterocycles. The van der Waals surface area contributed by atoms with Gasteiger partial charge in [0.2, 0.25) is 5.60 Å². The number of halogens is 2. The number of carbonyl (C=O) groups excluding carboxylic acids is 3. The molecule has 0 bridgehead atoms. The van der Waals surface area contributed by atoms with Crippen molar-refractivity contribution in [3.8, 4) is 5.75 Å². The Balaban J connectivity index is 2.46. The molecule has 2 atom stereocenters. The van der Waals surface area contributed by atoms with E-state index in [1.165, 1.54) is 14.2 Å². The van der Waals surface area contributed by atoms with Gasteiger partial charge in [-0.15, -0.1) is 0 Å². The zero-order valence-electron chi connectivity index (χ0n) is 16.8. The number of likely N-dealkylation sites (tertiary alicyclic amines) is 1. The van der Waals surface area contributed by atoms with Crippen LogP contribution in [0.25, 0.3) is 0 Å². The van der Waals surface area contributed by atoms with Gasteiger partial charge in [0.25, 0.3) is 0 Å². The Bertz CT molecular complexity index is 810. The molecule has 1 fully saturated rings. The zero-order chi connectivity index (χ0) is 22.0. The fourth-order valence-electron chi connectivity index (χ4n) is 2.95. The van der Waals surface area contributed by atoms with Crippen molar-refractivity contribution in [2.45, 2.75) is 44.4 Å². The van der Waals surface area contributed by atoms with Gasteiger partial charge in [0.15, 0.2) is 0 Å². The van der Waals surface area contributed by atoms with Crippen LogP contribution in [0.2, 0.25) is 0 Å². The number of carbonyl (C=O) groups is 3. The Labute approximate surface area is 191 Å². The molecule has 0 spiro atoms. The maximum atomic E-state index is 12.8. The fourth-order valence-corrected chi connectivity index (χ4v) is 3.73. The van der Waals surface area contributed by atoms with Crippen LogP contribution in [-0.2, 0) is 23.8 Å². The molecule has 0 aliphatic carbocycles. The van der Waals surface area contributed by atoms with Crippen molar-refractivity contribution in [2.24, 2.45) is 0 Å². The third kappa shape index (κ3) is 5.53. The first kappa shape index (κ1) is 23.7. The molecular weight excluding hydrogens is 561 g/mol. The Morgan fingerprint density at radius 1 is 1.21 bits per heavy atom. The second-order valence-corrected chi connectivity index (χ2v) is 9.59. The van der Waals surface area contributed by atoms with Gasteiger partial charge in [-0.1, -0.05) is 15.9 Å². The smallest absolute Gasteiger partial charge is 0.411 e. The van der Waals surface area contributed by atoms with E-state index in [0.717, 1.165) is 12.9 Å². The van der Waals surface area contributed by atoms with E-state index < -0.39 is 35.3 Å². The van der Waals surface area contributed by atoms with Gasteiger partial charge in [-0.05, 0) is 61.6 Å². The maximum Gasteiger partial charge on any atom is 0.411 e. The molecule has 0 aromatic heterocycles. The predicted octanol–water partition coefficient (Wildman–Crippen LogP) is 3.53. The summed E-state index contributed by atoms with van der Waals surface area (Å²) in [4.78, 5) is 39.0. The Morgan fingerprint density at radius 2 is 1.86 bits per heavy atom. The van der Waals surface area contributed by atoms with Crippen molar-refractivity contribution in [1.29, 1.82) is 0 Å². The summed E-state index contributed by atoms with van der Waals surface area (Å²) in [5.74, 6) is -0.956. The van der Waals surface area contributed by atoms with Crippen LogP contribution in [0.15, 0.2) is 22.7 Å². The second kappa shape index (κ2) is 9.07. The van der Waals surface area contributed by atoms with Gasteiger partial charge in [-0.2, -0.15) is 0 Å². The van der Waals surface area contributed by atoms with Gasteiger partial charge in [-0.3, -0.25) is 4.90 Å². The van der Waals surface area contributed by atoms with Crippen molar-refractivity contribution in [2.75, 3.05) is 20.8 Å². The van der Waals surface area contributed by atoms with Gasteiger partial charge < -0.3 is 18.9 Å². The molecular formula is C19H23BrINO7. The lowest BCUT2D eigenvalue weighted by Gasteiger charge is -2.29. The summed E-state index contributed by atoms with van der Waals surface area (Å²) in [6.07, 6.45) is -0.875. The summed E-state index contributed by atoms with van der Waals surface area (Å²) in [5, 5.41) is 0. The van der Waals surface area contributed by atoms with E-state index in [9.17, 15) is 14.4 Å². The highest BCUT2D eigenvalue weighted by Crippen LogP contribution is 2.37. The molecule has 0 N–H and O–H groups in total. The third-order valence-corrected chi connectivity index (χ3v) is 5.57. The molecule has 1 aliphatic heterocycles. The van der Waals surface area contributed by atoms with Gasteiger partial charge in [0.1, 0.15) is 17.4 Å². The highest BCUT2D eigenvalue weighted by Gasteiger charge is 2.57. The second-order valence-electron chi connectivity index (χ2n) is 7.51. The lowest BCUT2D eigenvalue weighted by Crippen LogP contribution is -2.49. The minimum atomic E-state index is -1.59. The normalized spacial score (nSPS) is 21.5. The topological polar surface area (TPSA) is 91.4 Å². The van der Waals surface area contributed by atoms with Crippen molar-refractivity contribution in [3.63, 3.8) is 0 Å². The van der Waals surface area contributed by atoms with Crippen LogP contribution >= 0.6 is 38.5 Å². The summed E-state index contributed by atoms with van der Waals surface area (Å²) in [6, 6.07) is 4.29. The van der Waals surface area contributed by atoms with Crippen molar-refractivity contribution in [3.05, 3.63) is 26.2 Å². The van der Waals surface area contributed by atoms with Crippen LogP contribution in [0.5, 0.6) is 5.75 Å². The SMILES string of the molecule is COC(=O)[C@@H]1C[C@](Oc2cc(Br)ccc2I)(C(=O)OC)CN1C(=O)OC(C)(C)C. The van der Waals surface area contributed by atoms with E-state index in [4.69, 9.17) is 18.9 Å². The minimum Gasteiger partial charge on any atom is -0.472 e. The van der Waals surface area contributed by atoms with Gasteiger partial charge in [0, 0.05) is 10.9 Å². The predicted molar refractivity (Wildman–Crippen MR) is 116 cm³/mol. The van der Waals surface area contributed by atoms with Crippen LogP contribution in [0, 0.1) is 3.57 Å². The quantitative estimate of drug-likeness (QED) is 0.304. The monoisotopic (exact) mass is 583 g/mol. The molecule has 1 saturated heterocycles. The van der Waals surface area contributed by atoms with Crippen LogP contribution in [0.1, 0.15) is 27.2 Å². The minimum absolute atomic E-state index is 0.131. The van der Waals surface area contributed by atoms with E-state index in [0.29, 0.717) is 5.75 Å². The number of ether oxygens (including phenoxy) is 4. The lowest BCUT2D eigenvalue weighted by molar-refractivity contribution is -0.158. The van der Waals surface area contributed by atoms with E-state index >= 15 is 0 Å². The van der Waals surface area contributed by atoms with E-state index in [1.54, 1.807) is 26.8 Å². The zero-order valence-corrected chi connectivity index (χ0v) is 20.5. The number of hydrogen-bond acceptors (Lipinski definition) is 7. The molecule has 10 heteroatoms. The number of benzene rings is 1. The van der Waals surface area contributed by atoms with Gasteiger partial charge in [0.05, 0.1) is 24.3 Å². The molecule has 29 heavy (non-hydrogen) atoms. The van der Waals surface area contributed by atoms with E-state index in [-0.39, 0.29) is 13.0 Å². The highest BCUT2D eigenvalue weighted by molar-refractivity contribution is 14.1. The van der Waals surface area contributed by atoms with Crippen molar-refractivity contribution in [1.82, 2.24) is 4.90 Å². The molecule has 1 aromatic rings. The summed E-state index contributed by atoms with van der Waals surface area (Å²) < 4.78 is 22.8. The van der Waals surface area contributed by atoms with Crippen LogP contribution in [-0.4, -0.2) is 60.9 Å². The fraction of sp³-hybridized carbons (Fsp3) is 0.526. The standard InChI is InChI=1S/C19H23BrINO7/c1-18(2,3)29-17(25)22-10-19(16(24)27-5,9-13(22)15(23)26-4)28-14-8-11(20)6-7-12(14)21/h6-8,13H,9-10H2,1-5H3/t13-,19+/m0/s1. The molecule has 0 radical (unpaired) electrons. The number of methoxy groups -OCH3 is 2. The summed E-state index contributed by atoms with van der Waals surface area (Å²) in [5.41, 5.74) is -2.37. The van der Waals surface area contributed by atoms with Gasteiger partial charge in [-0.25, -0.2) is 14.4 Å². The van der Waals surface area contributed by atoms with Crippen LogP contribution in [0.4, 0.5) is 4.79 Å². The summed E-state index contributed by atoms with van der Waals surface area (Å²) in [7, 11) is 2.44. The number of nitrogens with zero attached hydrogens (tertiary/aromatic N) is 1. The number of esters is 2. The van der Waals surface area contributed by atoms with E-state index in [1.807, 2.05) is 12.1 Å². The first-order valence-corrected chi connectivity index (χ1v) is 10.6. The molecule has 160 valence electrons. The van der Waals surface area contributed by atoms with E-state index in [2.05, 4.69) is 38.5 Å². The molecule has 8 nitrogen and oxygen atoms in total. The highest BCUT2D eigenvalue weighted by atomic mass is 127. The molecule has 2 rings (SSSR count). The Kier molecular flexibility index (Phi) is 7.42. The largest absolute Gasteiger partial charge is 0.472 e. The average molecular weight is 584 g/mol. The molecule has 0 saturated carbocycles. The third-order valence-electron chi connectivity index (χ3n) is 4.18. The van der Waals surface area contributed by atoms with Crippen LogP contribution in [0.3, 0.4) is 0 Å². The number of amides is 1. The molecule has 1 aromatic carbocycles. The molecule has 1 amide bonds. The summed E-state index contributed by atoms with van der Waals surface area (Å²) >= 11 is 5.45. The number of hydrogen-bond donors (Lipinski definition) is 0. The Morgan fingerprint density at radius 3 is 2.41 bits per heavy atom. The lowest BCUT2D eigenvalue weighted by atomic mass is 10.00. The van der Waals surface area contributed by atoms with Crippen molar-refractivity contribution < 1.29 is 33.3 Å². The average Bonchev–Trinajstić information content (AvgIpc) is 3.03. The molecule has 0 unspecified atom stereocenters. The maximum absolute atomic E-state index is 12.8. The first-order valence-electron chi connectivity index (χ1n) is 8.72.